The van der Waals surface area contributed by atoms with Gasteiger partial charge in [-0.1, -0.05) is 0 Å². The molecule has 2 aliphatic carbocycles. The lowest BCUT2D eigenvalue weighted by molar-refractivity contribution is -0.740. The third-order valence-corrected chi connectivity index (χ3v) is 9.60. The minimum absolute atomic E-state index is 0.00729. The maximum atomic E-state index is 13.2. The first-order valence-electron chi connectivity index (χ1n) is 11.7. The summed E-state index contributed by atoms with van der Waals surface area (Å²) in [5, 5.41) is 0. The van der Waals surface area contributed by atoms with E-state index in [0.717, 1.165) is 25.7 Å². The fourth-order valence-corrected chi connectivity index (χ4v) is 6.39. The molecule has 1 aromatic heterocycles. The van der Waals surface area contributed by atoms with Gasteiger partial charge in [-0.15, -0.1) is 0 Å². The number of rotatable bonds is 7. The maximum absolute atomic E-state index is 13.2. The zero-order valence-corrected chi connectivity index (χ0v) is 21.2. The summed E-state index contributed by atoms with van der Waals surface area (Å²) >= 11 is 0. The summed E-state index contributed by atoms with van der Waals surface area (Å²) in [7, 11) is 2.40. The average molecular weight is 501 g/mol. The highest BCUT2D eigenvalue weighted by Crippen LogP contribution is 2.61. The van der Waals surface area contributed by atoms with Gasteiger partial charge >= 0.3 is 16.3 Å². The van der Waals surface area contributed by atoms with Crippen LogP contribution in [0.15, 0.2) is 12.4 Å². The van der Waals surface area contributed by atoms with E-state index in [4.69, 9.17) is 9.47 Å². The fourth-order valence-electron chi connectivity index (χ4n) is 5.44. The fraction of sp³-hybridized carbons (Fsp3) is 0.773. The van der Waals surface area contributed by atoms with E-state index in [1.54, 1.807) is 26.0 Å². The van der Waals surface area contributed by atoms with E-state index in [1.165, 1.54) is 19.5 Å². The number of nitrogens with zero attached hydrogens (tertiary/aromatic N) is 4. The Hall–Kier alpha value is -1.89. The molecule has 0 bridgehead atoms. The average Bonchev–Trinajstić information content (AvgIpc) is 3.42. The van der Waals surface area contributed by atoms with Gasteiger partial charge in [-0.2, -0.15) is 13.1 Å². The second-order valence-corrected chi connectivity index (χ2v) is 12.9. The van der Waals surface area contributed by atoms with Crippen LogP contribution in [0.2, 0.25) is 0 Å². The van der Waals surface area contributed by atoms with Gasteiger partial charge in [0, 0.05) is 11.5 Å². The normalized spacial score (nSPS) is 33.5. The third-order valence-electron chi connectivity index (χ3n) is 7.56. The number of carbonyl (C=O) groups excluding carboxylic acids is 1. The third kappa shape index (κ3) is 4.65. The number of nitrogens with one attached hydrogen (secondary N) is 1. The molecule has 6 atom stereocenters. The zero-order chi connectivity index (χ0) is 24.9. The van der Waals surface area contributed by atoms with Gasteiger partial charge in [0.15, 0.2) is 5.82 Å². The van der Waals surface area contributed by atoms with Gasteiger partial charge in [-0.05, 0) is 44.9 Å². The highest BCUT2D eigenvalue weighted by Gasteiger charge is 2.60. The Bertz CT molecular complexity index is 1020. The number of hydrogen-bond acceptors (Lipinski definition) is 7. The molecule has 1 amide bonds. The summed E-state index contributed by atoms with van der Waals surface area (Å²) in [5.41, 5.74) is -0.0870. The van der Waals surface area contributed by atoms with E-state index in [1.807, 2.05) is 6.92 Å². The number of likely N-dealkylation sites (tertiary alicyclic amines) is 1. The van der Waals surface area contributed by atoms with Gasteiger partial charge in [0.2, 0.25) is 0 Å². The Morgan fingerprint density at radius 3 is 2.56 bits per heavy atom. The van der Waals surface area contributed by atoms with Gasteiger partial charge in [0.1, 0.15) is 5.82 Å². The Labute approximate surface area is 200 Å². The Kier molecular flexibility index (Phi) is 6.64. The van der Waals surface area contributed by atoms with Crippen molar-refractivity contribution in [1.82, 2.24) is 19.6 Å². The van der Waals surface area contributed by atoms with Gasteiger partial charge < -0.3 is 9.47 Å². The summed E-state index contributed by atoms with van der Waals surface area (Å²) in [6.07, 6.45) is 5.85. The molecule has 3 unspecified atom stereocenters. The number of hydrogen-bond donors (Lipinski definition) is 1. The van der Waals surface area contributed by atoms with Crippen LogP contribution in [0.1, 0.15) is 44.9 Å². The van der Waals surface area contributed by atoms with E-state index in [9.17, 15) is 17.6 Å². The number of methoxy groups -OCH3 is 1. The van der Waals surface area contributed by atoms with Crippen molar-refractivity contribution in [1.29, 1.82) is 0 Å². The smallest absolute Gasteiger partial charge is 0.410 e. The summed E-state index contributed by atoms with van der Waals surface area (Å²) in [4.78, 5) is 22.5. The number of quaternary nitrogens is 1. The number of amides is 1. The Balaban J connectivity index is 1.42. The van der Waals surface area contributed by atoms with Crippen molar-refractivity contribution in [3.8, 4) is 0 Å². The molecule has 4 rings (SSSR count). The van der Waals surface area contributed by atoms with Crippen molar-refractivity contribution in [2.75, 3.05) is 34.9 Å². The lowest BCUT2D eigenvalue weighted by Gasteiger charge is -2.33. The van der Waals surface area contributed by atoms with E-state index >= 15 is 0 Å². The Morgan fingerprint density at radius 1 is 1.29 bits per heavy atom. The van der Waals surface area contributed by atoms with Crippen LogP contribution >= 0.6 is 0 Å². The SMILES string of the molecule is COC(=O)N1[C@H](C)C[C@H](NS(=O)(=O)[N+](C)(C)C)[C@@H]1COC1CCC2(c3ncc(F)cn3)CC2C1. The maximum Gasteiger partial charge on any atom is 0.410 e. The van der Waals surface area contributed by atoms with Crippen molar-refractivity contribution < 1.29 is 31.0 Å². The predicted octanol–water partition coefficient (Wildman–Crippen LogP) is 1.58. The minimum atomic E-state index is -3.67. The molecule has 0 spiro atoms. The Morgan fingerprint density at radius 2 is 1.97 bits per heavy atom. The van der Waals surface area contributed by atoms with E-state index in [2.05, 4.69) is 14.7 Å². The van der Waals surface area contributed by atoms with Crippen LogP contribution in [0.4, 0.5) is 9.18 Å². The van der Waals surface area contributed by atoms with Crippen molar-refractivity contribution >= 4 is 16.3 Å². The molecule has 1 saturated heterocycles. The molecule has 3 fully saturated rings. The van der Waals surface area contributed by atoms with Crippen LogP contribution < -0.4 is 4.72 Å². The molecule has 10 nitrogen and oxygen atoms in total. The number of halogens is 1. The molecule has 1 aliphatic heterocycles. The van der Waals surface area contributed by atoms with E-state index in [-0.39, 0.29) is 28.1 Å². The van der Waals surface area contributed by atoms with Crippen LogP contribution in [0.5, 0.6) is 0 Å². The highest BCUT2D eigenvalue weighted by molar-refractivity contribution is 7.83. The van der Waals surface area contributed by atoms with Crippen LogP contribution in [0.25, 0.3) is 0 Å². The molecule has 1 aromatic rings. The number of ether oxygens (including phenoxy) is 2. The zero-order valence-electron chi connectivity index (χ0n) is 20.4. The minimum Gasteiger partial charge on any atom is -0.453 e. The first-order chi connectivity index (χ1) is 15.9. The molecule has 3 aliphatic rings. The number of carbonyl (C=O) groups is 1. The molecule has 1 N–H and O–H groups in total. The summed E-state index contributed by atoms with van der Waals surface area (Å²) in [6.45, 7) is 2.09. The van der Waals surface area contributed by atoms with Gasteiger partial charge in [-0.25, -0.2) is 23.0 Å². The largest absolute Gasteiger partial charge is 0.453 e. The first kappa shape index (κ1) is 25.2. The number of aromatic nitrogens is 2. The van der Waals surface area contributed by atoms with Crippen molar-refractivity contribution in [2.45, 2.75) is 68.7 Å². The number of fused-ring (bicyclic) bond motifs is 1. The van der Waals surface area contributed by atoms with E-state index < -0.39 is 34.2 Å². The van der Waals surface area contributed by atoms with Crippen LogP contribution in [0.3, 0.4) is 0 Å². The second kappa shape index (κ2) is 8.96. The molecular weight excluding hydrogens is 465 g/mol. The van der Waals surface area contributed by atoms with Gasteiger partial charge in [0.05, 0.1) is 65.4 Å². The van der Waals surface area contributed by atoms with Crippen molar-refractivity contribution in [2.24, 2.45) is 5.92 Å². The lowest BCUT2D eigenvalue weighted by Crippen LogP contribution is -2.56. The molecule has 2 heterocycles. The molecular formula is C22H35FN5O5S+. The van der Waals surface area contributed by atoms with Crippen molar-refractivity contribution in [3.63, 3.8) is 0 Å². The summed E-state index contributed by atoms with van der Waals surface area (Å²) in [5.74, 6) is 0.641. The molecule has 12 heteroatoms. The van der Waals surface area contributed by atoms with E-state index in [0.29, 0.717) is 18.2 Å². The van der Waals surface area contributed by atoms with Gasteiger partial charge in [-0.3, -0.25) is 4.90 Å². The molecule has 0 radical (unpaired) electrons. The topological polar surface area (TPSA) is 111 Å². The molecule has 190 valence electrons. The molecule has 34 heavy (non-hydrogen) atoms. The predicted molar refractivity (Wildman–Crippen MR) is 121 cm³/mol. The first-order valence-corrected chi connectivity index (χ1v) is 13.1. The van der Waals surface area contributed by atoms with Crippen LogP contribution in [-0.4, -0.2) is 92.4 Å². The van der Waals surface area contributed by atoms with Crippen LogP contribution in [-0.2, 0) is 25.1 Å². The summed E-state index contributed by atoms with van der Waals surface area (Å²) < 4.78 is 52.6. The van der Waals surface area contributed by atoms with Crippen LogP contribution in [0, 0.1) is 11.7 Å². The molecule has 0 aromatic carbocycles. The van der Waals surface area contributed by atoms with Gasteiger partial charge in [0.25, 0.3) is 0 Å². The second-order valence-electron chi connectivity index (χ2n) is 10.6. The van der Waals surface area contributed by atoms with Crippen molar-refractivity contribution in [3.05, 3.63) is 24.0 Å². The lowest BCUT2D eigenvalue weighted by atomic mass is 9.86. The quantitative estimate of drug-likeness (QED) is 0.566. The molecule has 2 saturated carbocycles. The highest BCUT2D eigenvalue weighted by atomic mass is 32.2. The standard InChI is InChI=1S/C22H35FN5O5S/c1-14-8-18(26-34(30,31)28(2,3)4)19(27(14)21(29)32-5)13-33-17-6-7-22(10-15(22)9-17)20-24-11-16(23)12-25-20/h11-12,14-15,17-19,26H,6-10,13H2,1-5H3/q+1/t14-,15?,17?,18+,19+,22?/m1/s1. The summed E-state index contributed by atoms with van der Waals surface area (Å²) in [6, 6.07) is -1.15. The monoisotopic (exact) mass is 500 g/mol.